The van der Waals surface area contributed by atoms with E-state index >= 15 is 0 Å². The maximum Gasteiger partial charge on any atom is 0.573 e. The first-order valence-corrected chi connectivity index (χ1v) is 11.8. The molecule has 0 saturated heterocycles. The first kappa shape index (κ1) is 26.3. The lowest BCUT2D eigenvalue weighted by Crippen LogP contribution is -2.29. The summed E-state index contributed by atoms with van der Waals surface area (Å²) in [5, 5.41) is 17.2. The van der Waals surface area contributed by atoms with Crippen molar-refractivity contribution in [2.24, 2.45) is 0 Å². The Morgan fingerprint density at radius 1 is 1.14 bits per heavy atom. The van der Waals surface area contributed by atoms with E-state index < -0.39 is 12.1 Å². The highest BCUT2D eigenvalue weighted by atomic mass is 35.5. The summed E-state index contributed by atoms with van der Waals surface area (Å²) in [6.07, 6.45) is 0.921. The van der Waals surface area contributed by atoms with Crippen molar-refractivity contribution in [3.63, 3.8) is 0 Å². The lowest BCUT2D eigenvalue weighted by atomic mass is 10.1. The van der Waals surface area contributed by atoms with Crippen LogP contribution in [0.3, 0.4) is 0 Å². The first-order chi connectivity index (χ1) is 17.8. The van der Waals surface area contributed by atoms with Gasteiger partial charge in [0.1, 0.15) is 5.75 Å². The highest BCUT2D eigenvalue weighted by molar-refractivity contribution is 6.32. The van der Waals surface area contributed by atoms with Gasteiger partial charge < -0.3 is 25.1 Å². The molecule has 0 aliphatic carbocycles. The van der Waals surface area contributed by atoms with Crippen LogP contribution in [-0.4, -0.2) is 47.1 Å². The molecule has 2 aromatic carbocycles. The molecular formula is C24H24ClF3N6O3. The minimum atomic E-state index is -4.80. The molecule has 0 aliphatic heterocycles. The van der Waals surface area contributed by atoms with E-state index in [1.54, 1.807) is 12.4 Å². The van der Waals surface area contributed by atoms with Gasteiger partial charge >= 0.3 is 6.36 Å². The Bertz CT molecular complexity index is 1330. The summed E-state index contributed by atoms with van der Waals surface area (Å²) in [5.74, 6) is 0.0866. The predicted octanol–water partition coefficient (Wildman–Crippen LogP) is 4.87. The maximum atomic E-state index is 12.3. The van der Waals surface area contributed by atoms with Crippen LogP contribution in [0, 0.1) is 0 Å². The monoisotopic (exact) mass is 536 g/mol. The van der Waals surface area contributed by atoms with Gasteiger partial charge in [0.25, 0.3) is 0 Å². The lowest BCUT2D eigenvalue weighted by molar-refractivity contribution is -0.274. The largest absolute Gasteiger partial charge is 0.573 e. The number of carbonyl (C=O) groups excluding carboxylic acids is 1. The van der Waals surface area contributed by atoms with E-state index in [9.17, 15) is 18.0 Å². The number of anilines is 1. The number of fused-ring (bicyclic) bond motifs is 1. The number of carbonyl (C=O) groups is 1. The molecule has 37 heavy (non-hydrogen) atoms. The van der Waals surface area contributed by atoms with Crippen molar-refractivity contribution in [2.75, 3.05) is 25.0 Å². The zero-order valence-electron chi connectivity index (χ0n) is 19.5. The number of aromatic nitrogens is 3. The summed E-state index contributed by atoms with van der Waals surface area (Å²) in [6, 6.07) is 7.93. The van der Waals surface area contributed by atoms with Crippen molar-refractivity contribution >= 4 is 34.1 Å². The summed E-state index contributed by atoms with van der Waals surface area (Å²) in [7, 11) is 0. The number of alkyl halides is 3. The Balaban J connectivity index is 1.14. The van der Waals surface area contributed by atoms with Crippen LogP contribution in [0.25, 0.3) is 22.2 Å². The second kappa shape index (κ2) is 12.0. The summed E-state index contributed by atoms with van der Waals surface area (Å²) >= 11 is 5.84. The fourth-order valence-electron chi connectivity index (χ4n) is 3.62. The van der Waals surface area contributed by atoms with Crippen molar-refractivity contribution in [3.8, 4) is 17.1 Å². The molecule has 0 fully saturated rings. The number of H-pyrrole nitrogens is 1. The predicted molar refractivity (Wildman–Crippen MR) is 132 cm³/mol. The molecule has 0 saturated carbocycles. The molecule has 4 aromatic rings. The molecular weight excluding hydrogens is 513 g/mol. The number of ether oxygens (including phenoxy) is 1. The van der Waals surface area contributed by atoms with Gasteiger partial charge in [-0.2, -0.15) is 5.10 Å². The number of oxazole rings is 1. The average molecular weight is 537 g/mol. The van der Waals surface area contributed by atoms with E-state index in [1.807, 2.05) is 12.1 Å². The fourth-order valence-corrected chi connectivity index (χ4v) is 3.86. The highest BCUT2D eigenvalue weighted by Crippen LogP contribution is 2.31. The second-order valence-corrected chi connectivity index (χ2v) is 8.50. The Hall–Kier alpha value is -3.77. The zero-order chi connectivity index (χ0) is 26.3. The van der Waals surface area contributed by atoms with Gasteiger partial charge in [-0.1, -0.05) is 17.7 Å². The molecule has 0 bridgehead atoms. The topological polar surface area (TPSA) is 117 Å². The number of nitrogens with one attached hydrogen (secondary N) is 4. The van der Waals surface area contributed by atoms with Crippen molar-refractivity contribution in [1.82, 2.24) is 25.8 Å². The van der Waals surface area contributed by atoms with Crippen molar-refractivity contribution in [2.45, 2.75) is 25.7 Å². The van der Waals surface area contributed by atoms with Crippen molar-refractivity contribution < 1.29 is 27.1 Å². The molecule has 9 nitrogen and oxygen atoms in total. The standard InChI is InChI=1S/C24H24ClF3N6O3/c25-18-8-15(2-3-21(18)37-24(26,27)28)11-29-7-4-23(35)32-6-1-5-31-19-9-16(22-13-30-14-36-22)10-20-17(19)12-33-34-20/h2-3,8-10,12-14,29,31H,1,4-7,11H2,(H,32,35)(H,33,34). The number of amides is 1. The molecule has 0 unspecified atom stereocenters. The molecule has 2 aromatic heterocycles. The normalized spacial score (nSPS) is 11.6. The average Bonchev–Trinajstić information content (AvgIpc) is 3.54. The van der Waals surface area contributed by atoms with Gasteiger partial charge in [-0.3, -0.25) is 9.89 Å². The lowest BCUT2D eigenvalue weighted by Gasteiger charge is -2.12. The minimum Gasteiger partial charge on any atom is -0.444 e. The summed E-state index contributed by atoms with van der Waals surface area (Å²) in [5.41, 5.74) is 3.30. The molecule has 4 N–H and O–H groups in total. The van der Waals surface area contributed by atoms with Crippen molar-refractivity contribution in [1.29, 1.82) is 0 Å². The van der Waals surface area contributed by atoms with E-state index in [0.717, 1.165) is 28.2 Å². The van der Waals surface area contributed by atoms with Crippen LogP contribution in [0.1, 0.15) is 18.4 Å². The van der Waals surface area contributed by atoms with Gasteiger partial charge in [0, 0.05) is 49.2 Å². The van der Waals surface area contributed by atoms with Crippen LogP contribution in [0.2, 0.25) is 5.02 Å². The van der Waals surface area contributed by atoms with E-state index in [1.165, 1.54) is 18.5 Å². The number of hydrogen-bond donors (Lipinski definition) is 4. The van der Waals surface area contributed by atoms with Crippen molar-refractivity contribution in [3.05, 3.63) is 59.7 Å². The molecule has 0 atom stereocenters. The van der Waals surface area contributed by atoms with Gasteiger partial charge in [-0.05, 0) is 36.2 Å². The summed E-state index contributed by atoms with van der Waals surface area (Å²) in [6.45, 7) is 1.88. The molecule has 2 heterocycles. The molecule has 0 radical (unpaired) electrons. The first-order valence-electron chi connectivity index (χ1n) is 11.4. The number of halogens is 4. The van der Waals surface area contributed by atoms with Gasteiger partial charge in [-0.25, -0.2) is 4.98 Å². The van der Waals surface area contributed by atoms with Crippen LogP contribution in [-0.2, 0) is 11.3 Å². The number of benzene rings is 2. The van der Waals surface area contributed by atoms with Crippen LogP contribution in [0.4, 0.5) is 18.9 Å². The quantitative estimate of drug-likeness (QED) is 0.191. The molecule has 4 rings (SSSR count). The highest BCUT2D eigenvalue weighted by Gasteiger charge is 2.32. The Labute approximate surface area is 214 Å². The van der Waals surface area contributed by atoms with E-state index in [2.05, 4.69) is 35.9 Å². The zero-order valence-corrected chi connectivity index (χ0v) is 20.2. The Morgan fingerprint density at radius 3 is 2.76 bits per heavy atom. The van der Waals surface area contributed by atoms with Crippen LogP contribution >= 0.6 is 11.6 Å². The maximum absolute atomic E-state index is 12.3. The summed E-state index contributed by atoms with van der Waals surface area (Å²) in [4.78, 5) is 16.0. The van der Waals surface area contributed by atoms with Crippen LogP contribution in [0.15, 0.2) is 53.5 Å². The van der Waals surface area contributed by atoms with E-state index in [-0.39, 0.29) is 17.4 Å². The van der Waals surface area contributed by atoms with Crippen LogP contribution in [0.5, 0.6) is 5.75 Å². The minimum absolute atomic E-state index is 0.107. The third-order valence-corrected chi connectivity index (χ3v) is 5.64. The smallest absolute Gasteiger partial charge is 0.444 e. The fraction of sp³-hybridized carbons (Fsp3) is 0.292. The molecule has 0 spiro atoms. The second-order valence-electron chi connectivity index (χ2n) is 8.09. The van der Waals surface area contributed by atoms with E-state index in [0.29, 0.717) is 43.9 Å². The number of aromatic amines is 1. The Morgan fingerprint density at radius 2 is 2.00 bits per heavy atom. The molecule has 0 aliphatic rings. The Kier molecular flexibility index (Phi) is 8.51. The van der Waals surface area contributed by atoms with E-state index in [4.69, 9.17) is 16.0 Å². The SMILES string of the molecule is O=C(CCNCc1ccc(OC(F)(F)F)c(Cl)c1)NCCCNc1cc(-c2cnco2)cc2[nH]ncc12. The molecule has 196 valence electrons. The molecule has 13 heteroatoms. The third kappa shape index (κ3) is 7.61. The molecule has 1 amide bonds. The summed E-state index contributed by atoms with van der Waals surface area (Å²) < 4.78 is 46.2. The number of nitrogens with zero attached hydrogens (tertiary/aromatic N) is 2. The third-order valence-electron chi connectivity index (χ3n) is 5.35. The van der Waals surface area contributed by atoms with Gasteiger partial charge in [0.2, 0.25) is 5.91 Å². The number of rotatable bonds is 12. The van der Waals surface area contributed by atoms with Gasteiger partial charge in [0.05, 0.1) is 22.9 Å². The van der Waals surface area contributed by atoms with Crippen LogP contribution < -0.4 is 20.7 Å². The van der Waals surface area contributed by atoms with Gasteiger partial charge in [0.15, 0.2) is 12.2 Å². The number of hydrogen-bond acceptors (Lipinski definition) is 7. The van der Waals surface area contributed by atoms with Gasteiger partial charge in [-0.15, -0.1) is 13.2 Å².